The van der Waals surface area contributed by atoms with Crippen LogP contribution in [-0.2, 0) is 0 Å². The summed E-state index contributed by atoms with van der Waals surface area (Å²) in [5.41, 5.74) is 5.92. The Hall–Kier alpha value is -5.24. The van der Waals surface area contributed by atoms with Gasteiger partial charge in [0.2, 0.25) is 0 Å². The molecule has 178 valence electrons. The first kappa shape index (κ1) is 23.9. The van der Waals surface area contributed by atoms with Gasteiger partial charge in [0.25, 0.3) is 5.91 Å². The van der Waals surface area contributed by atoms with E-state index >= 15 is 0 Å². The molecule has 0 fully saturated rings. The average Bonchev–Trinajstić information content (AvgIpc) is 2.89. The van der Waals surface area contributed by atoms with E-state index < -0.39 is 29.2 Å². The largest absolute Gasteiger partial charge is 0.478 e. The standard InChI is InChI=1S/C28H20N2O6/c29-21-13-11-18(15-20(21)27(33)34)19-12-14-22(30-26(32)17-9-5-2-6-10-17)24(28(35)36)23(19)25(31)16-7-3-1-4-8-16/h1-15H,29H2,(H,30,32)(H,33,34)(H,35,36). The summed E-state index contributed by atoms with van der Waals surface area (Å²) in [7, 11) is 0. The fourth-order valence-electron chi connectivity index (χ4n) is 3.83. The molecule has 0 aliphatic carbocycles. The van der Waals surface area contributed by atoms with Crippen LogP contribution in [0.15, 0.2) is 91.0 Å². The molecule has 0 aliphatic rings. The van der Waals surface area contributed by atoms with Crippen molar-refractivity contribution >= 4 is 35.0 Å². The number of nitrogens with two attached hydrogens (primary N) is 1. The van der Waals surface area contributed by atoms with Crippen molar-refractivity contribution < 1.29 is 29.4 Å². The molecule has 4 aromatic carbocycles. The Kier molecular flexibility index (Phi) is 6.60. The van der Waals surface area contributed by atoms with Crippen LogP contribution < -0.4 is 11.1 Å². The van der Waals surface area contributed by atoms with E-state index in [1.54, 1.807) is 60.7 Å². The molecule has 5 N–H and O–H groups in total. The molecule has 8 nitrogen and oxygen atoms in total. The van der Waals surface area contributed by atoms with Crippen LogP contribution in [0.4, 0.5) is 11.4 Å². The summed E-state index contributed by atoms with van der Waals surface area (Å²) in [4.78, 5) is 50.6. The van der Waals surface area contributed by atoms with Gasteiger partial charge >= 0.3 is 11.9 Å². The monoisotopic (exact) mass is 480 g/mol. The van der Waals surface area contributed by atoms with E-state index in [0.717, 1.165) is 0 Å². The number of hydrogen-bond donors (Lipinski definition) is 4. The molecule has 0 atom stereocenters. The number of nitrogen functional groups attached to an aromatic ring is 1. The molecule has 4 aromatic rings. The second-order valence-electron chi connectivity index (χ2n) is 7.84. The maximum atomic E-state index is 13.6. The number of carboxylic acid groups (broad SMARTS) is 2. The van der Waals surface area contributed by atoms with Gasteiger partial charge in [0.15, 0.2) is 5.78 Å². The van der Waals surface area contributed by atoms with Gasteiger partial charge < -0.3 is 21.3 Å². The topological polar surface area (TPSA) is 147 Å². The molecule has 0 aliphatic heterocycles. The number of benzene rings is 4. The van der Waals surface area contributed by atoms with Crippen LogP contribution in [0, 0.1) is 0 Å². The number of amides is 1. The molecule has 4 rings (SSSR count). The van der Waals surface area contributed by atoms with Gasteiger partial charge in [-0.1, -0.05) is 60.7 Å². The number of carbonyl (C=O) groups excluding carboxylic acids is 2. The molecule has 1 amide bonds. The molecule has 36 heavy (non-hydrogen) atoms. The molecule has 8 heteroatoms. The Labute approximate surface area is 205 Å². The minimum absolute atomic E-state index is 0.0207. The molecule has 0 spiro atoms. The minimum atomic E-state index is -1.44. The number of hydrogen-bond acceptors (Lipinski definition) is 5. The highest BCUT2D eigenvalue weighted by Gasteiger charge is 2.27. The molecule has 0 bridgehead atoms. The minimum Gasteiger partial charge on any atom is -0.478 e. The maximum absolute atomic E-state index is 13.6. The lowest BCUT2D eigenvalue weighted by Gasteiger charge is -2.17. The highest BCUT2D eigenvalue weighted by atomic mass is 16.4. The Morgan fingerprint density at radius 1 is 0.667 bits per heavy atom. The summed E-state index contributed by atoms with van der Waals surface area (Å²) in [6.45, 7) is 0. The molecular weight excluding hydrogens is 460 g/mol. The van der Waals surface area contributed by atoms with E-state index in [2.05, 4.69) is 5.32 Å². The fourth-order valence-corrected chi connectivity index (χ4v) is 3.83. The van der Waals surface area contributed by atoms with Crippen molar-refractivity contribution in [3.63, 3.8) is 0 Å². The number of ketones is 1. The van der Waals surface area contributed by atoms with E-state index in [1.165, 1.54) is 30.3 Å². The van der Waals surface area contributed by atoms with E-state index in [4.69, 9.17) is 5.73 Å². The highest BCUT2D eigenvalue weighted by Crippen LogP contribution is 2.35. The van der Waals surface area contributed by atoms with E-state index in [1.807, 2.05) is 0 Å². The Morgan fingerprint density at radius 2 is 1.28 bits per heavy atom. The van der Waals surface area contributed by atoms with Gasteiger partial charge in [0.05, 0.1) is 16.8 Å². The average molecular weight is 480 g/mol. The summed E-state index contributed by atoms with van der Waals surface area (Å²) in [5, 5.41) is 22.3. The molecule has 0 heterocycles. The molecular formula is C28H20N2O6. The van der Waals surface area contributed by atoms with Gasteiger partial charge in [-0.25, -0.2) is 9.59 Å². The number of carboxylic acids is 2. The van der Waals surface area contributed by atoms with Crippen LogP contribution >= 0.6 is 0 Å². The summed E-state index contributed by atoms with van der Waals surface area (Å²) in [6.07, 6.45) is 0. The van der Waals surface area contributed by atoms with Gasteiger partial charge in [-0.3, -0.25) is 9.59 Å². The zero-order chi connectivity index (χ0) is 25.8. The van der Waals surface area contributed by atoms with Gasteiger partial charge in [-0.15, -0.1) is 0 Å². The SMILES string of the molecule is Nc1ccc(-c2ccc(NC(=O)c3ccccc3)c(C(=O)O)c2C(=O)c2ccccc2)cc1C(=O)O. The van der Waals surface area contributed by atoms with Crippen molar-refractivity contribution in [3.05, 3.63) is 119 Å². The summed E-state index contributed by atoms with van der Waals surface area (Å²) in [6, 6.07) is 23.3. The van der Waals surface area contributed by atoms with Gasteiger partial charge in [0.1, 0.15) is 0 Å². The Balaban J connectivity index is 1.95. The lowest BCUT2D eigenvalue weighted by atomic mass is 9.88. The first-order valence-corrected chi connectivity index (χ1v) is 10.8. The molecule has 0 saturated carbocycles. The highest BCUT2D eigenvalue weighted by molar-refractivity contribution is 6.21. The van der Waals surface area contributed by atoms with E-state index in [-0.39, 0.29) is 39.2 Å². The van der Waals surface area contributed by atoms with Crippen molar-refractivity contribution in [2.24, 2.45) is 0 Å². The van der Waals surface area contributed by atoms with Crippen LogP contribution in [0.1, 0.15) is 47.0 Å². The zero-order valence-corrected chi connectivity index (χ0v) is 18.8. The third kappa shape index (κ3) is 4.69. The van der Waals surface area contributed by atoms with Gasteiger partial charge in [0, 0.05) is 22.4 Å². The quantitative estimate of drug-likeness (QED) is 0.219. The molecule has 0 aromatic heterocycles. The lowest BCUT2D eigenvalue weighted by molar-refractivity contribution is 0.0685. The first-order chi connectivity index (χ1) is 17.3. The van der Waals surface area contributed by atoms with E-state index in [9.17, 15) is 29.4 Å². The fraction of sp³-hybridized carbons (Fsp3) is 0. The third-order valence-corrected chi connectivity index (χ3v) is 5.56. The molecule has 0 unspecified atom stereocenters. The van der Waals surface area contributed by atoms with Crippen LogP contribution in [0.2, 0.25) is 0 Å². The lowest BCUT2D eigenvalue weighted by Crippen LogP contribution is -2.19. The Morgan fingerprint density at radius 3 is 1.86 bits per heavy atom. The van der Waals surface area contributed by atoms with Crippen LogP contribution in [-0.4, -0.2) is 33.8 Å². The van der Waals surface area contributed by atoms with Crippen molar-refractivity contribution in [1.29, 1.82) is 0 Å². The van der Waals surface area contributed by atoms with E-state index in [0.29, 0.717) is 5.56 Å². The molecule has 0 saturated heterocycles. The predicted molar refractivity (Wildman–Crippen MR) is 134 cm³/mol. The van der Waals surface area contributed by atoms with Gasteiger partial charge in [-0.05, 0) is 41.5 Å². The third-order valence-electron chi connectivity index (χ3n) is 5.56. The van der Waals surface area contributed by atoms with Gasteiger partial charge in [-0.2, -0.15) is 0 Å². The first-order valence-electron chi connectivity index (χ1n) is 10.8. The van der Waals surface area contributed by atoms with Crippen LogP contribution in [0.5, 0.6) is 0 Å². The van der Waals surface area contributed by atoms with Crippen LogP contribution in [0.25, 0.3) is 11.1 Å². The summed E-state index contributed by atoms with van der Waals surface area (Å²) >= 11 is 0. The summed E-state index contributed by atoms with van der Waals surface area (Å²) < 4.78 is 0. The Bertz CT molecular complexity index is 1500. The maximum Gasteiger partial charge on any atom is 0.338 e. The predicted octanol–water partition coefficient (Wildman–Crippen LogP) is 4.82. The van der Waals surface area contributed by atoms with Crippen molar-refractivity contribution in [2.45, 2.75) is 0 Å². The smallest absolute Gasteiger partial charge is 0.338 e. The number of nitrogens with one attached hydrogen (secondary N) is 1. The van der Waals surface area contributed by atoms with Crippen molar-refractivity contribution in [3.8, 4) is 11.1 Å². The number of carbonyl (C=O) groups is 4. The normalized spacial score (nSPS) is 10.4. The number of rotatable bonds is 7. The second kappa shape index (κ2) is 9.94. The van der Waals surface area contributed by atoms with Crippen molar-refractivity contribution in [1.82, 2.24) is 0 Å². The molecule has 0 radical (unpaired) electrons. The number of anilines is 2. The van der Waals surface area contributed by atoms with Crippen LogP contribution in [0.3, 0.4) is 0 Å². The second-order valence-corrected chi connectivity index (χ2v) is 7.84. The summed E-state index contributed by atoms with van der Waals surface area (Å²) in [5.74, 6) is -3.86. The van der Waals surface area contributed by atoms with Crippen molar-refractivity contribution in [2.75, 3.05) is 11.1 Å². The number of aromatic carboxylic acids is 2. The zero-order valence-electron chi connectivity index (χ0n) is 18.8.